The first kappa shape index (κ1) is 23.2. The molecule has 0 amide bonds. The van der Waals surface area contributed by atoms with Gasteiger partial charge < -0.3 is 15.2 Å². The Labute approximate surface area is 176 Å². The SMILES string of the molecule is CCCCNC(=NCc1nnc(C)n1C)NC1CCC(CCC)CC1.I. The molecule has 1 fully saturated rings. The van der Waals surface area contributed by atoms with Gasteiger partial charge in [-0.1, -0.05) is 33.1 Å². The molecule has 0 aliphatic heterocycles. The molecule has 0 bridgehead atoms. The lowest BCUT2D eigenvalue weighted by molar-refractivity contribution is 0.294. The Morgan fingerprint density at radius 1 is 1.15 bits per heavy atom. The van der Waals surface area contributed by atoms with E-state index in [-0.39, 0.29) is 24.0 Å². The van der Waals surface area contributed by atoms with Crippen LogP contribution in [0.5, 0.6) is 0 Å². The van der Waals surface area contributed by atoms with Crippen LogP contribution < -0.4 is 10.6 Å². The van der Waals surface area contributed by atoms with Crippen LogP contribution in [0.1, 0.15) is 76.9 Å². The molecule has 1 saturated carbocycles. The maximum absolute atomic E-state index is 4.76. The molecule has 2 N–H and O–H groups in total. The average Bonchev–Trinajstić information content (AvgIpc) is 2.93. The Kier molecular flexibility index (Phi) is 11.2. The number of aliphatic imine (C=N–C) groups is 1. The third-order valence-electron chi connectivity index (χ3n) is 5.27. The first-order valence-electron chi connectivity index (χ1n) is 10.0. The zero-order valence-electron chi connectivity index (χ0n) is 16.9. The van der Waals surface area contributed by atoms with Crippen molar-refractivity contribution in [2.75, 3.05) is 6.54 Å². The summed E-state index contributed by atoms with van der Waals surface area (Å²) < 4.78 is 2.00. The van der Waals surface area contributed by atoms with Gasteiger partial charge in [-0.15, -0.1) is 34.2 Å². The van der Waals surface area contributed by atoms with Gasteiger partial charge in [-0.05, 0) is 44.9 Å². The zero-order chi connectivity index (χ0) is 18.1. The summed E-state index contributed by atoms with van der Waals surface area (Å²) in [6.07, 6.45) is 10.2. The van der Waals surface area contributed by atoms with Crippen LogP contribution >= 0.6 is 24.0 Å². The summed E-state index contributed by atoms with van der Waals surface area (Å²) in [5, 5.41) is 15.5. The number of nitrogens with zero attached hydrogens (tertiary/aromatic N) is 4. The van der Waals surface area contributed by atoms with E-state index < -0.39 is 0 Å². The molecule has 1 aromatic heterocycles. The fourth-order valence-electron chi connectivity index (χ4n) is 3.47. The molecule has 2 rings (SSSR count). The third-order valence-corrected chi connectivity index (χ3v) is 5.27. The Morgan fingerprint density at radius 3 is 2.46 bits per heavy atom. The maximum Gasteiger partial charge on any atom is 0.191 e. The van der Waals surface area contributed by atoms with Gasteiger partial charge in [0.05, 0.1) is 0 Å². The smallest absolute Gasteiger partial charge is 0.191 e. The number of halogens is 1. The topological polar surface area (TPSA) is 67.1 Å². The number of hydrogen-bond acceptors (Lipinski definition) is 3. The minimum atomic E-state index is 0. The summed E-state index contributed by atoms with van der Waals surface area (Å²) in [4.78, 5) is 4.76. The molecule has 0 spiro atoms. The first-order chi connectivity index (χ1) is 12.1. The Morgan fingerprint density at radius 2 is 1.88 bits per heavy atom. The number of guanidine groups is 1. The summed E-state index contributed by atoms with van der Waals surface area (Å²) in [6.45, 7) is 7.99. The zero-order valence-corrected chi connectivity index (χ0v) is 19.3. The summed E-state index contributed by atoms with van der Waals surface area (Å²) in [6, 6.07) is 0.544. The Balaban J connectivity index is 0.00000338. The van der Waals surface area contributed by atoms with E-state index in [1.54, 1.807) is 0 Å². The number of unbranched alkanes of at least 4 members (excludes halogenated alkanes) is 1. The van der Waals surface area contributed by atoms with E-state index in [4.69, 9.17) is 4.99 Å². The van der Waals surface area contributed by atoms with Crippen molar-refractivity contribution in [1.82, 2.24) is 25.4 Å². The molecule has 0 radical (unpaired) electrons. The van der Waals surface area contributed by atoms with Gasteiger partial charge in [-0.25, -0.2) is 4.99 Å². The van der Waals surface area contributed by atoms with Crippen molar-refractivity contribution in [3.05, 3.63) is 11.6 Å². The highest BCUT2D eigenvalue weighted by molar-refractivity contribution is 14.0. The van der Waals surface area contributed by atoms with E-state index in [9.17, 15) is 0 Å². The highest BCUT2D eigenvalue weighted by Gasteiger charge is 2.21. The van der Waals surface area contributed by atoms with Crippen LogP contribution in [-0.2, 0) is 13.6 Å². The van der Waals surface area contributed by atoms with Crippen LogP contribution in [-0.4, -0.2) is 33.3 Å². The van der Waals surface area contributed by atoms with E-state index >= 15 is 0 Å². The normalized spacial score (nSPS) is 20.5. The van der Waals surface area contributed by atoms with Crippen LogP contribution in [0, 0.1) is 12.8 Å². The summed E-state index contributed by atoms with van der Waals surface area (Å²) in [5.74, 6) is 3.68. The molecule has 6 nitrogen and oxygen atoms in total. The van der Waals surface area contributed by atoms with Gasteiger partial charge in [0.25, 0.3) is 0 Å². The lowest BCUT2D eigenvalue weighted by Crippen LogP contribution is -2.45. The van der Waals surface area contributed by atoms with Crippen molar-refractivity contribution in [2.45, 2.75) is 84.7 Å². The predicted molar refractivity (Wildman–Crippen MR) is 119 cm³/mol. The van der Waals surface area contributed by atoms with Crippen LogP contribution in [0.4, 0.5) is 0 Å². The highest BCUT2D eigenvalue weighted by Crippen LogP contribution is 2.27. The second kappa shape index (κ2) is 12.5. The molecule has 1 aliphatic rings. The molecule has 0 unspecified atom stereocenters. The summed E-state index contributed by atoms with van der Waals surface area (Å²) >= 11 is 0. The monoisotopic (exact) mass is 476 g/mol. The molecule has 150 valence electrons. The summed E-state index contributed by atoms with van der Waals surface area (Å²) in [5.41, 5.74) is 0. The van der Waals surface area contributed by atoms with E-state index in [0.717, 1.165) is 36.5 Å². The molecule has 1 aliphatic carbocycles. The van der Waals surface area contributed by atoms with Gasteiger partial charge in [-0.2, -0.15) is 0 Å². The minimum Gasteiger partial charge on any atom is -0.356 e. The number of aryl methyl sites for hydroxylation is 1. The number of aromatic nitrogens is 3. The second-order valence-electron chi connectivity index (χ2n) is 7.32. The van der Waals surface area contributed by atoms with Gasteiger partial charge in [-0.3, -0.25) is 0 Å². The molecule has 1 aromatic rings. The van der Waals surface area contributed by atoms with Crippen LogP contribution in [0.15, 0.2) is 4.99 Å². The molecule has 1 heterocycles. The second-order valence-corrected chi connectivity index (χ2v) is 7.32. The fourth-order valence-corrected chi connectivity index (χ4v) is 3.47. The molecule has 0 aromatic carbocycles. The van der Waals surface area contributed by atoms with Crippen molar-refractivity contribution in [3.8, 4) is 0 Å². The van der Waals surface area contributed by atoms with Gasteiger partial charge in [0.1, 0.15) is 12.4 Å². The van der Waals surface area contributed by atoms with Crippen LogP contribution in [0.2, 0.25) is 0 Å². The van der Waals surface area contributed by atoms with E-state index in [0.29, 0.717) is 12.6 Å². The lowest BCUT2D eigenvalue weighted by atomic mass is 9.83. The van der Waals surface area contributed by atoms with E-state index in [2.05, 4.69) is 34.7 Å². The number of hydrogen-bond donors (Lipinski definition) is 2. The van der Waals surface area contributed by atoms with Crippen molar-refractivity contribution < 1.29 is 0 Å². The largest absolute Gasteiger partial charge is 0.356 e. The minimum absolute atomic E-state index is 0. The van der Waals surface area contributed by atoms with Gasteiger partial charge in [0.15, 0.2) is 11.8 Å². The molecule has 26 heavy (non-hydrogen) atoms. The quantitative estimate of drug-likeness (QED) is 0.258. The van der Waals surface area contributed by atoms with Gasteiger partial charge >= 0.3 is 0 Å². The van der Waals surface area contributed by atoms with Gasteiger partial charge in [0, 0.05) is 19.6 Å². The van der Waals surface area contributed by atoms with E-state index in [1.165, 1.54) is 44.9 Å². The number of rotatable bonds is 8. The number of nitrogens with one attached hydrogen (secondary N) is 2. The molecule has 7 heteroatoms. The first-order valence-corrected chi connectivity index (χ1v) is 10.0. The Bertz CT molecular complexity index is 534. The fraction of sp³-hybridized carbons (Fsp3) is 0.842. The predicted octanol–water partition coefficient (Wildman–Crippen LogP) is 3.94. The lowest BCUT2D eigenvalue weighted by Gasteiger charge is -2.30. The third kappa shape index (κ3) is 7.40. The average molecular weight is 476 g/mol. The van der Waals surface area contributed by atoms with E-state index in [1.807, 2.05) is 18.5 Å². The van der Waals surface area contributed by atoms with Crippen molar-refractivity contribution in [1.29, 1.82) is 0 Å². The molecular formula is C19H37IN6. The van der Waals surface area contributed by atoms with Crippen molar-refractivity contribution >= 4 is 29.9 Å². The summed E-state index contributed by atoms with van der Waals surface area (Å²) in [7, 11) is 1.99. The molecule has 0 saturated heterocycles. The standard InChI is InChI=1S/C19H36N6.HI/c1-5-7-13-20-19(21-14-18-24-23-15(3)25(18)4)22-17-11-9-16(8-6-2)10-12-17;/h16-17H,5-14H2,1-4H3,(H2,20,21,22);1H. The Hall–Kier alpha value is -0.860. The maximum atomic E-state index is 4.76. The van der Waals surface area contributed by atoms with Crippen LogP contribution in [0.25, 0.3) is 0 Å². The molecular weight excluding hydrogens is 439 g/mol. The van der Waals surface area contributed by atoms with Crippen molar-refractivity contribution in [3.63, 3.8) is 0 Å². The van der Waals surface area contributed by atoms with Crippen molar-refractivity contribution in [2.24, 2.45) is 18.0 Å². The van der Waals surface area contributed by atoms with Crippen LogP contribution in [0.3, 0.4) is 0 Å². The molecule has 0 atom stereocenters. The van der Waals surface area contributed by atoms with Gasteiger partial charge in [0.2, 0.25) is 0 Å². The highest BCUT2D eigenvalue weighted by atomic mass is 127.